The molecule has 1 aromatic heterocycles. The zero-order valence-electron chi connectivity index (χ0n) is 17.8. The number of nitrogens with one attached hydrogen (secondary N) is 1. The molecule has 32 heavy (non-hydrogen) atoms. The van der Waals surface area contributed by atoms with Crippen molar-refractivity contribution >= 4 is 12.1 Å². The molecule has 1 amide bonds. The molecule has 0 saturated carbocycles. The lowest BCUT2D eigenvalue weighted by atomic mass is 10.1. The Kier molecular flexibility index (Phi) is 6.72. The SMILES string of the molecule is CCCOc1ccc(C(=O)NN=Cc2cn(-c3ccccc3)nc2-c2ccccc2)cc1. The number of rotatable bonds is 8. The third-order valence-electron chi connectivity index (χ3n) is 4.77. The number of hydrazone groups is 1. The molecule has 4 aromatic rings. The molecule has 3 aromatic carbocycles. The number of nitrogens with zero attached hydrogens (tertiary/aromatic N) is 3. The summed E-state index contributed by atoms with van der Waals surface area (Å²) in [6.07, 6.45) is 4.45. The number of carbonyl (C=O) groups is 1. The van der Waals surface area contributed by atoms with Gasteiger partial charge < -0.3 is 4.74 Å². The molecule has 160 valence electrons. The lowest BCUT2D eigenvalue weighted by molar-refractivity contribution is 0.0955. The molecule has 0 bridgehead atoms. The van der Waals surface area contributed by atoms with Gasteiger partial charge in [-0.3, -0.25) is 4.79 Å². The van der Waals surface area contributed by atoms with Crippen LogP contribution in [0, 0.1) is 0 Å². The molecular weight excluding hydrogens is 400 g/mol. The van der Waals surface area contributed by atoms with Crippen LogP contribution in [0.15, 0.2) is 96.2 Å². The summed E-state index contributed by atoms with van der Waals surface area (Å²) in [5.41, 5.74) is 6.59. The third kappa shape index (κ3) is 5.10. The third-order valence-corrected chi connectivity index (χ3v) is 4.77. The van der Waals surface area contributed by atoms with Crippen LogP contribution < -0.4 is 10.2 Å². The van der Waals surface area contributed by atoms with Crippen LogP contribution >= 0.6 is 0 Å². The molecule has 4 rings (SSSR count). The molecule has 6 heteroatoms. The number of para-hydroxylation sites is 1. The van der Waals surface area contributed by atoms with E-state index < -0.39 is 0 Å². The molecular formula is C26H24N4O2. The minimum absolute atomic E-state index is 0.292. The fraction of sp³-hybridized carbons (Fsp3) is 0.115. The first-order valence-electron chi connectivity index (χ1n) is 10.5. The largest absolute Gasteiger partial charge is 0.494 e. The summed E-state index contributed by atoms with van der Waals surface area (Å²) in [5.74, 6) is 0.452. The summed E-state index contributed by atoms with van der Waals surface area (Å²) < 4.78 is 7.36. The van der Waals surface area contributed by atoms with Gasteiger partial charge in [0.1, 0.15) is 11.4 Å². The highest BCUT2D eigenvalue weighted by atomic mass is 16.5. The number of benzene rings is 3. The van der Waals surface area contributed by atoms with E-state index in [-0.39, 0.29) is 5.91 Å². The Morgan fingerprint density at radius 3 is 2.38 bits per heavy atom. The first kappa shape index (κ1) is 21.1. The standard InChI is InChI=1S/C26H24N4O2/c1-2-17-32-24-15-13-21(14-16-24)26(31)28-27-18-22-19-30(23-11-7-4-8-12-23)29-25(22)20-9-5-3-6-10-20/h3-16,18-19H,2,17H2,1H3,(H,28,31). The van der Waals surface area contributed by atoms with Crippen molar-refractivity contribution in [2.45, 2.75) is 13.3 Å². The maximum Gasteiger partial charge on any atom is 0.271 e. The van der Waals surface area contributed by atoms with E-state index in [0.717, 1.165) is 34.7 Å². The number of hydrogen-bond donors (Lipinski definition) is 1. The normalized spacial score (nSPS) is 10.9. The second-order valence-electron chi connectivity index (χ2n) is 7.15. The summed E-state index contributed by atoms with van der Waals surface area (Å²) in [6.45, 7) is 2.70. The number of ether oxygens (including phenoxy) is 1. The fourth-order valence-corrected chi connectivity index (χ4v) is 3.16. The van der Waals surface area contributed by atoms with Gasteiger partial charge in [-0.15, -0.1) is 0 Å². The number of aromatic nitrogens is 2. The average molecular weight is 425 g/mol. The quantitative estimate of drug-likeness (QED) is 0.316. The Bertz CT molecular complexity index is 1180. The maximum atomic E-state index is 12.5. The van der Waals surface area contributed by atoms with Gasteiger partial charge in [-0.2, -0.15) is 10.2 Å². The van der Waals surface area contributed by atoms with Crippen LogP contribution in [0.3, 0.4) is 0 Å². The summed E-state index contributed by atoms with van der Waals surface area (Å²) in [5, 5.41) is 8.91. The molecule has 0 aliphatic carbocycles. The van der Waals surface area contributed by atoms with Gasteiger partial charge in [0.05, 0.1) is 18.5 Å². The van der Waals surface area contributed by atoms with Crippen molar-refractivity contribution in [3.63, 3.8) is 0 Å². The Morgan fingerprint density at radius 2 is 1.69 bits per heavy atom. The predicted molar refractivity (Wildman–Crippen MR) is 126 cm³/mol. The Hall–Kier alpha value is -4.19. The summed E-state index contributed by atoms with van der Waals surface area (Å²) >= 11 is 0. The molecule has 0 saturated heterocycles. The lowest BCUT2D eigenvalue weighted by Crippen LogP contribution is -2.17. The van der Waals surface area contributed by atoms with Crippen LogP contribution in [0.1, 0.15) is 29.3 Å². The van der Waals surface area contributed by atoms with E-state index in [1.54, 1.807) is 35.2 Å². The molecule has 0 aliphatic heterocycles. The minimum Gasteiger partial charge on any atom is -0.494 e. The number of hydrogen-bond acceptors (Lipinski definition) is 4. The second-order valence-corrected chi connectivity index (χ2v) is 7.15. The summed E-state index contributed by atoms with van der Waals surface area (Å²) in [4.78, 5) is 12.5. The van der Waals surface area contributed by atoms with Crippen LogP contribution in [0.2, 0.25) is 0 Å². The molecule has 0 aliphatic rings. The van der Waals surface area contributed by atoms with E-state index in [1.165, 1.54) is 0 Å². The van der Waals surface area contributed by atoms with E-state index >= 15 is 0 Å². The summed E-state index contributed by atoms with van der Waals surface area (Å²) in [7, 11) is 0. The molecule has 0 fully saturated rings. The predicted octanol–water partition coefficient (Wildman–Crippen LogP) is 5.09. The van der Waals surface area contributed by atoms with Gasteiger partial charge in [-0.25, -0.2) is 10.1 Å². The first-order chi connectivity index (χ1) is 15.7. The van der Waals surface area contributed by atoms with Crippen molar-refractivity contribution in [3.8, 4) is 22.7 Å². The maximum absolute atomic E-state index is 12.5. The molecule has 0 radical (unpaired) electrons. The highest BCUT2D eigenvalue weighted by Gasteiger charge is 2.11. The van der Waals surface area contributed by atoms with E-state index in [4.69, 9.17) is 9.84 Å². The van der Waals surface area contributed by atoms with Gasteiger partial charge in [0.25, 0.3) is 5.91 Å². The van der Waals surface area contributed by atoms with E-state index in [2.05, 4.69) is 10.5 Å². The van der Waals surface area contributed by atoms with Gasteiger partial charge in [-0.1, -0.05) is 55.5 Å². The van der Waals surface area contributed by atoms with Crippen molar-refractivity contribution in [2.24, 2.45) is 5.10 Å². The topological polar surface area (TPSA) is 68.5 Å². The zero-order valence-corrected chi connectivity index (χ0v) is 17.8. The Morgan fingerprint density at radius 1 is 1.00 bits per heavy atom. The number of carbonyl (C=O) groups excluding carboxylic acids is 1. The highest BCUT2D eigenvalue weighted by Crippen LogP contribution is 2.22. The van der Waals surface area contributed by atoms with Gasteiger partial charge in [-0.05, 0) is 42.8 Å². The van der Waals surface area contributed by atoms with Crippen molar-refractivity contribution in [1.29, 1.82) is 0 Å². The second kappa shape index (κ2) is 10.2. The Balaban J connectivity index is 1.52. The van der Waals surface area contributed by atoms with Crippen molar-refractivity contribution < 1.29 is 9.53 Å². The van der Waals surface area contributed by atoms with E-state index in [9.17, 15) is 4.79 Å². The monoisotopic (exact) mass is 424 g/mol. The first-order valence-corrected chi connectivity index (χ1v) is 10.5. The molecule has 1 N–H and O–H groups in total. The van der Waals surface area contributed by atoms with E-state index in [1.807, 2.05) is 73.8 Å². The van der Waals surface area contributed by atoms with Crippen LogP contribution in [0.4, 0.5) is 0 Å². The van der Waals surface area contributed by atoms with Crippen molar-refractivity contribution in [2.75, 3.05) is 6.61 Å². The van der Waals surface area contributed by atoms with Crippen molar-refractivity contribution in [3.05, 3.63) is 102 Å². The van der Waals surface area contributed by atoms with Crippen LogP contribution in [0.5, 0.6) is 5.75 Å². The van der Waals surface area contributed by atoms with Crippen molar-refractivity contribution in [1.82, 2.24) is 15.2 Å². The molecule has 0 unspecified atom stereocenters. The van der Waals surface area contributed by atoms with Crippen LogP contribution in [0.25, 0.3) is 16.9 Å². The molecule has 0 spiro atoms. The molecule has 0 atom stereocenters. The van der Waals surface area contributed by atoms with E-state index in [0.29, 0.717) is 12.2 Å². The Labute approximate surface area is 187 Å². The minimum atomic E-state index is -0.292. The van der Waals surface area contributed by atoms with Gasteiger partial charge >= 0.3 is 0 Å². The fourth-order valence-electron chi connectivity index (χ4n) is 3.16. The van der Waals surface area contributed by atoms with Crippen LogP contribution in [-0.2, 0) is 0 Å². The molecule has 6 nitrogen and oxygen atoms in total. The average Bonchev–Trinajstić information content (AvgIpc) is 3.28. The molecule has 1 heterocycles. The van der Waals surface area contributed by atoms with Gasteiger partial charge in [0.2, 0.25) is 0 Å². The zero-order chi connectivity index (χ0) is 22.2. The number of amides is 1. The van der Waals surface area contributed by atoms with Gasteiger partial charge in [0.15, 0.2) is 0 Å². The van der Waals surface area contributed by atoms with Crippen LogP contribution in [-0.4, -0.2) is 28.5 Å². The lowest BCUT2D eigenvalue weighted by Gasteiger charge is -2.05. The van der Waals surface area contributed by atoms with Gasteiger partial charge in [0, 0.05) is 22.9 Å². The smallest absolute Gasteiger partial charge is 0.271 e. The summed E-state index contributed by atoms with van der Waals surface area (Å²) in [6, 6.07) is 26.8. The highest BCUT2D eigenvalue weighted by molar-refractivity contribution is 5.95.